The third kappa shape index (κ3) is 2.78. The van der Waals surface area contributed by atoms with Crippen LogP contribution in [0.2, 0.25) is 0 Å². The van der Waals surface area contributed by atoms with Crippen LogP contribution in [0, 0.1) is 5.82 Å². The van der Waals surface area contributed by atoms with Gasteiger partial charge in [-0.3, -0.25) is 4.68 Å². The highest BCUT2D eigenvalue weighted by atomic mass is 35.5. The molecule has 0 radical (unpaired) electrons. The van der Waals surface area contributed by atoms with E-state index in [1.54, 1.807) is 12.3 Å². The van der Waals surface area contributed by atoms with Gasteiger partial charge in [0.15, 0.2) is 0 Å². The van der Waals surface area contributed by atoms with Crippen LogP contribution in [0.15, 0.2) is 36.7 Å². The lowest BCUT2D eigenvalue weighted by atomic mass is 10.2. The zero-order chi connectivity index (χ0) is 14.8. The highest BCUT2D eigenvalue weighted by molar-refractivity contribution is 6.17. The molecule has 0 amide bonds. The van der Waals surface area contributed by atoms with Crippen molar-refractivity contribution >= 4 is 22.6 Å². The van der Waals surface area contributed by atoms with Crippen molar-refractivity contribution in [2.75, 3.05) is 5.88 Å². The Morgan fingerprint density at radius 2 is 2.24 bits per heavy atom. The quantitative estimate of drug-likeness (QED) is 0.677. The molecule has 0 bridgehead atoms. The van der Waals surface area contributed by atoms with Gasteiger partial charge in [0.05, 0.1) is 23.6 Å². The van der Waals surface area contributed by atoms with E-state index in [1.807, 2.05) is 16.9 Å². The van der Waals surface area contributed by atoms with Crippen molar-refractivity contribution in [2.45, 2.75) is 25.9 Å². The predicted molar refractivity (Wildman–Crippen MR) is 81.1 cm³/mol. The molecule has 0 aliphatic carbocycles. The van der Waals surface area contributed by atoms with Gasteiger partial charge in [-0.25, -0.2) is 9.37 Å². The number of hydrogen-bond acceptors (Lipinski definition) is 2. The SMILES string of the molecule is CC(Cn1cccn1)n1c(CCCl)nc2cc(F)ccc21. The second-order valence-corrected chi connectivity index (χ2v) is 5.43. The first-order valence-electron chi connectivity index (χ1n) is 6.89. The Bertz CT molecular complexity index is 736. The van der Waals surface area contributed by atoms with Crippen LogP contribution >= 0.6 is 11.6 Å². The minimum absolute atomic E-state index is 0.151. The fourth-order valence-electron chi connectivity index (χ4n) is 2.64. The molecule has 1 aromatic carbocycles. The van der Waals surface area contributed by atoms with Gasteiger partial charge in [0.1, 0.15) is 11.6 Å². The number of rotatable bonds is 5. The van der Waals surface area contributed by atoms with Gasteiger partial charge in [0, 0.05) is 30.8 Å². The average Bonchev–Trinajstić information content (AvgIpc) is 3.05. The van der Waals surface area contributed by atoms with Crippen LogP contribution in [0.4, 0.5) is 4.39 Å². The van der Waals surface area contributed by atoms with Crippen LogP contribution in [-0.2, 0) is 13.0 Å². The summed E-state index contributed by atoms with van der Waals surface area (Å²) in [5.74, 6) is 1.09. The van der Waals surface area contributed by atoms with E-state index in [1.165, 1.54) is 12.1 Å². The summed E-state index contributed by atoms with van der Waals surface area (Å²) in [5.41, 5.74) is 1.60. The highest BCUT2D eigenvalue weighted by Gasteiger charge is 2.16. The molecule has 2 heterocycles. The number of hydrogen-bond donors (Lipinski definition) is 0. The molecule has 1 unspecified atom stereocenters. The monoisotopic (exact) mass is 306 g/mol. The van der Waals surface area contributed by atoms with E-state index < -0.39 is 0 Å². The maximum absolute atomic E-state index is 13.4. The topological polar surface area (TPSA) is 35.6 Å². The van der Waals surface area contributed by atoms with Crippen LogP contribution in [0.3, 0.4) is 0 Å². The highest BCUT2D eigenvalue weighted by Crippen LogP contribution is 2.23. The number of imidazole rings is 1. The second-order valence-electron chi connectivity index (χ2n) is 5.05. The van der Waals surface area contributed by atoms with Crippen molar-refractivity contribution in [1.29, 1.82) is 0 Å². The summed E-state index contributed by atoms with van der Waals surface area (Å²) < 4.78 is 17.4. The van der Waals surface area contributed by atoms with Gasteiger partial charge in [0.25, 0.3) is 0 Å². The molecular weight excluding hydrogens is 291 g/mol. The molecular formula is C15H16ClFN4. The molecule has 3 aromatic rings. The average molecular weight is 307 g/mol. The molecule has 0 fully saturated rings. The van der Waals surface area contributed by atoms with E-state index in [9.17, 15) is 4.39 Å². The lowest BCUT2D eigenvalue weighted by Crippen LogP contribution is -2.16. The molecule has 1 atom stereocenters. The van der Waals surface area contributed by atoms with Gasteiger partial charge < -0.3 is 4.57 Å². The summed E-state index contributed by atoms with van der Waals surface area (Å²) in [5, 5.41) is 4.23. The van der Waals surface area contributed by atoms with E-state index in [0.717, 1.165) is 17.9 Å². The maximum atomic E-state index is 13.4. The summed E-state index contributed by atoms with van der Waals surface area (Å²) in [4.78, 5) is 4.52. The van der Waals surface area contributed by atoms with Crippen LogP contribution in [0.1, 0.15) is 18.8 Å². The lowest BCUT2D eigenvalue weighted by molar-refractivity contribution is 0.435. The predicted octanol–water partition coefficient (Wildman–Crippen LogP) is 3.41. The number of alkyl halides is 1. The van der Waals surface area contributed by atoms with Crippen LogP contribution < -0.4 is 0 Å². The second kappa shape index (κ2) is 5.85. The normalized spacial score (nSPS) is 12.9. The van der Waals surface area contributed by atoms with Gasteiger partial charge in [-0.1, -0.05) is 0 Å². The Kier molecular flexibility index (Phi) is 3.92. The number of halogens is 2. The Balaban J connectivity index is 2.03. The first-order valence-corrected chi connectivity index (χ1v) is 7.42. The smallest absolute Gasteiger partial charge is 0.125 e. The van der Waals surface area contributed by atoms with E-state index >= 15 is 0 Å². The molecule has 0 saturated carbocycles. The Morgan fingerprint density at radius 1 is 1.38 bits per heavy atom. The Labute approximate surface area is 127 Å². The Hall–Kier alpha value is -1.88. The summed E-state index contributed by atoms with van der Waals surface area (Å²) in [6.45, 7) is 2.83. The van der Waals surface area contributed by atoms with E-state index in [2.05, 4.69) is 21.6 Å². The number of benzene rings is 1. The van der Waals surface area contributed by atoms with Gasteiger partial charge in [0.2, 0.25) is 0 Å². The molecule has 21 heavy (non-hydrogen) atoms. The molecule has 110 valence electrons. The van der Waals surface area contributed by atoms with E-state index in [0.29, 0.717) is 17.8 Å². The first-order chi connectivity index (χ1) is 10.2. The minimum atomic E-state index is -0.274. The zero-order valence-corrected chi connectivity index (χ0v) is 12.5. The van der Waals surface area contributed by atoms with Crippen molar-refractivity contribution in [3.8, 4) is 0 Å². The van der Waals surface area contributed by atoms with Gasteiger partial charge in [-0.2, -0.15) is 5.10 Å². The molecule has 0 spiro atoms. The van der Waals surface area contributed by atoms with Gasteiger partial charge in [-0.15, -0.1) is 11.6 Å². The fourth-order valence-corrected chi connectivity index (χ4v) is 2.80. The summed E-state index contributed by atoms with van der Waals surface area (Å²) in [6.07, 6.45) is 4.34. The van der Waals surface area contributed by atoms with E-state index in [4.69, 9.17) is 11.6 Å². The molecule has 3 rings (SSSR count). The third-order valence-corrected chi connectivity index (χ3v) is 3.68. The molecule has 0 aliphatic heterocycles. The molecule has 0 aliphatic rings. The molecule has 6 heteroatoms. The zero-order valence-electron chi connectivity index (χ0n) is 11.7. The number of fused-ring (bicyclic) bond motifs is 1. The molecule has 0 saturated heterocycles. The van der Waals surface area contributed by atoms with Crippen molar-refractivity contribution in [3.05, 3.63) is 48.3 Å². The van der Waals surface area contributed by atoms with Crippen molar-refractivity contribution in [2.24, 2.45) is 0 Å². The number of aromatic nitrogens is 4. The molecule has 4 nitrogen and oxygen atoms in total. The number of nitrogens with zero attached hydrogens (tertiary/aromatic N) is 4. The molecule has 2 aromatic heterocycles. The maximum Gasteiger partial charge on any atom is 0.125 e. The van der Waals surface area contributed by atoms with Crippen LogP contribution in [0.25, 0.3) is 11.0 Å². The van der Waals surface area contributed by atoms with Crippen LogP contribution in [-0.4, -0.2) is 25.2 Å². The first kappa shape index (κ1) is 14.1. The minimum Gasteiger partial charge on any atom is -0.323 e. The van der Waals surface area contributed by atoms with Gasteiger partial charge >= 0.3 is 0 Å². The standard InChI is InChI=1S/C15H16ClFN4/c1-11(10-20-8-2-7-18-20)21-14-4-3-12(17)9-13(14)19-15(21)5-6-16/h2-4,7-9,11H,5-6,10H2,1H3. The van der Waals surface area contributed by atoms with Crippen molar-refractivity contribution in [1.82, 2.24) is 19.3 Å². The van der Waals surface area contributed by atoms with Crippen molar-refractivity contribution < 1.29 is 4.39 Å². The summed E-state index contributed by atoms with van der Waals surface area (Å²) in [7, 11) is 0. The van der Waals surface area contributed by atoms with Crippen LogP contribution in [0.5, 0.6) is 0 Å². The lowest BCUT2D eigenvalue weighted by Gasteiger charge is -2.17. The van der Waals surface area contributed by atoms with E-state index in [-0.39, 0.29) is 11.9 Å². The third-order valence-electron chi connectivity index (χ3n) is 3.49. The summed E-state index contributed by atoms with van der Waals surface area (Å²) >= 11 is 5.87. The largest absolute Gasteiger partial charge is 0.323 e. The summed E-state index contributed by atoms with van der Waals surface area (Å²) in [6, 6.07) is 6.75. The number of aryl methyl sites for hydroxylation is 1. The fraction of sp³-hybridized carbons (Fsp3) is 0.333. The molecule has 0 N–H and O–H groups in total. The van der Waals surface area contributed by atoms with Crippen molar-refractivity contribution in [3.63, 3.8) is 0 Å². The Morgan fingerprint density at radius 3 is 2.95 bits per heavy atom. The van der Waals surface area contributed by atoms with Gasteiger partial charge in [-0.05, 0) is 25.1 Å².